The molecule has 0 radical (unpaired) electrons. The zero-order valence-electron chi connectivity index (χ0n) is 18.7. The van der Waals surface area contributed by atoms with E-state index in [0.717, 1.165) is 29.8 Å². The summed E-state index contributed by atoms with van der Waals surface area (Å²) in [5.74, 6) is 0.675. The second-order valence-electron chi connectivity index (χ2n) is 7.97. The highest BCUT2D eigenvalue weighted by Gasteiger charge is 2.40. The van der Waals surface area contributed by atoms with Gasteiger partial charge in [0, 0.05) is 40.2 Å². The molecule has 2 heterocycles. The van der Waals surface area contributed by atoms with Gasteiger partial charge in [-0.05, 0) is 44.9 Å². The molecule has 1 aromatic heterocycles. The Balaban J connectivity index is 1.86. The van der Waals surface area contributed by atoms with Crippen molar-refractivity contribution in [1.29, 1.82) is 0 Å². The third-order valence-corrected chi connectivity index (χ3v) is 5.89. The van der Waals surface area contributed by atoms with E-state index >= 15 is 0 Å². The standard InChI is InChI=1S/C25H27N3O4/c1-14-8-5-13-20(26-14)28-25(30)21-15(2)27-17-10-7-11-18(29)23(17)22(21)16-9-6-12-19(31-3)24(16)32-4/h5-6,8-9,12-13,22,27H,7,10-11H2,1-4H3,(H,26,28,30)/t22-/m0/s1. The van der Waals surface area contributed by atoms with Crippen LogP contribution in [0.25, 0.3) is 0 Å². The summed E-state index contributed by atoms with van der Waals surface area (Å²) in [7, 11) is 3.13. The van der Waals surface area contributed by atoms with Crippen LogP contribution in [0, 0.1) is 6.92 Å². The van der Waals surface area contributed by atoms with E-state index in [4.69, 9.17) is 9.47 Å². The van der Waals surface area contributed by atoms with Crippen molar-refractivity contribution in [2.45, 2.75) is 39.0 Å². The number of aryl methyl sites for hydroxylation is 1. The van der Waals surface area contributed by atoms with Gasteiger partial charge in [0.1, 0.15) is 5.82 Å². The van der Waals surface area contributed by atoms with Crippen LogP contribution in [-0.2, 0) is 9.59 Å². The molecule has 0 fully saturated rings. The smallest absolute Gasteiger partial charge is 0.255 e. The van der Waals surface area contributed by atoms with Crippen molar-refractivity contribution in [1.82, 2.24) is 10.3 Å². The predicted octanol–water partition coefficient (Wildman–Crippen LogP) is 4.01. The van der Waals surface area contributed by atoms with Crippen molar-refractivity contribution in [3.05, 3.63) is 70.2 Å². The average molecular weight is 434 g/mol. The zero-order valence-corrected chi connectivity index (χ0v) is 18.7. The third kappa shape index (κ3) is 3.86. The summed E-state index contributed by atoms with van der Waals surface area (Å²) >= 11 is 0. The molecule has 2 aromatic rings. The molecule has 166 valence electrons. The van der Waals surface area contributed by atoms with Crippen LogP contribution in [0.2, 0.25) is 0 Å². The molecule has 0 saturated carbocycles. The zero-order chi connectivity index (χ0) is 22.8. The minimum atomic E-state index is -0.575. The average Bonchev–Trinajstić information content (AvgIpc) is 2.77. The van der Waals surface area contributed by atoms with Crippen molar-refractivity contribution >= 4 is 17.5 Å². The maximum absolute atomic E-state index is 13.6. The number of aromatic nitrogens is 1. The molecular weight excluding hydrogens is 406 g/mol. The van der Waals surface area contributed by atoms with Crippen LogP contribution in [0.4, 0.5) is 5.82 Å². The number of ketones is 1. The first kappa shape index (κ1) is 21.6. The van der Waals surface area contributed by atoms with Crippen LogP contribution in [0.3, 0.4) is 0 Å². The van der Waals surface area contributed by atoms with E-state index in [-0.39, 0.29) is 11.7 Å². The van der Waals surface area contributed by atoms with Gasteiger partial charge in [-0.1, -0.05) is 18.2 Å². The van der Waals surface area contributed by atoms with Crippen LogP contribution in [0.15, 0.2) is 58.9 Å². The minimum Gasteiger partial charge on any atom is -0.493 e. The second kappa shape index (κ2) is 8.86. The first-order valence-corrected chi connectivity index (χ1v) is 10.6. The van der Waals surface area contributed by atoms with Gasteiger partial charge < -0.3 is 20.1 Å². The number of allylic oxidation sites excluding steroid dienone is 3. The highest BCUT2D eigenvalue weighted by molar-refractivity contribution is 6.09. The summed E-state index contributed by atoms with van der Waals surface area (Å²) < 4.78 is 11.2. The van der Waals surface area contributed by atoms with Crippen molar-refractivity contribution in [2.24, 2.45) is 0 Å². The number of Topliss-reactive ketones (excluding diaryl/α,β-unsaturated/α-hetero) is 1. The number of carbonyl (C=O) groups excluding carboxylic acids is 2. The number of nitrogens with one attached hydrogen (secondary N) is 2. The second-order valence-corrected chi connectivity index (χ2v) is 7.97. The maximum Gasteiger partial charge on any atom is 0.255 e. The monoisotopic (exact) mass is 433 g/mol. The lowest BCUT2D eigenvalue weighted by Crippen LogP contribution is -2.35. The van der Waals surface area contributed by atoms with Gasteiger partial charge in [0.05, 0.1) is 20.1 Å². The van der Waals surface area contributed by atoms with E-state index in [1.807, 2.05) is 38.1 Å². The van der Waals surface area contributed by atoms with E-state index in [1.54, 1.807) is 26.4 Å². The molecule has 1 aliphatic carbocycles. The Morgan fingerprint density at radius 3 is 2.59 bits per heavy atom. The maximum atomic E-state index is 13.6. The van der Waals surface area contributed by atoms with E-state index in [0.29, 0.717) is 40.6 Å². The molecule has 2 aliphatic rings. The van der Waals surface area contributed by atoms with Gasteiger partial charge in [-0.15, -0.1) is 0 Å². The van der Waals surface area contributed by atoms with Crippen molar-refractivity contribution in [2.75, 3.05) is 19.5 Å². The molecule has 32 heavy (non-hydrogen) atoms. The van der Waals surface area contributed by atoms with Gasteiger partial charge in [-0.2, -0.15) is 0 Å². The highest BCUT2D eigenvalue weighted by Crippen LogP contribution is 2.47. The number of para-hydroxylation sites is 1. The summed E-state index contributed by atoms with van der Waals surface area (Å²) in [4.78, 5) is 31.1. The van der Waals surface area contributed by atoms with Gasteiger partial charge >= 0.3 is 0 Å². The number of pyridine rings is 1. The number of nitrogens with zero attached hydrogens (tertiary/aromatic N) is 1. The quantitative estimate of drug-likeness (QED) is 0.741. The number of amides is 1. The van der Waals surface area contributed by atoms with E-state index in [1.165, 1.54) is 0 Å². The van der Waals surface area contributed by atoms with Crippen LogP contribution >= 0.6 is 0 Å². The first-order chi connectivity index (χ1) is 15.4. The lowest BCUT2D eigenvalue weighted by molar-refractivity contribution is -0.116. The predicted molar refractivity (Wildman–Crippen MR) is 122 cm³/mol. The molecule has 0 unspecified atom stereocenters. The molecule has 0 bridgehead atoms. The van der Waals surface area contributed by atoms with E-state index < -0.39 is 5.92 Å². The van der Waals surface area contributed by atoms with Crippen molar-refractivity contribution < 1.29 is 19.1 Å². The number of benzene rings is 1. The summed E-state index contributed by atoms with van der Waals surface area (Å²) in [6.07, 6.45) is 2.00. The van der Waals surface area contributed by atoms with Gasteiger partial charge in [0.2, 0.25) is 0 Å². The number of carbonyl (C=O) groups is 2. The van der Waals surface area contributed by atoms with Gasteiger partial charge in [-0.25, -0.2) is 4.98 Å². The fourth-order valence-electron chi connectivity index (χ4n) is 4.53. The largest absolute Gasteiger partial charge is 0.493 e. The summed E-state index contributed by atoms with van der Waals surface area (Å²) in [5.41, 5.74) is 4.19. The van der Waals surface area contributed by atoms with E-state index in [9.17, 15) is 9.59 Å². The molecule has 4 rings (SSSR count). The number of anilines is 1. The first-order valence-electron chi connectivity index (χ1n) is 10.6. The van der Waals surface area contributed by atoms with Gasteiger partial charge in [0.15, 0.2) is 17.3 Å². The van der Waals surface area contributed by atoms with Crippen molar-refractivity contribution in [3.63, 3.8) is 0 Å². The number of rotatable bonds is 5. The fraction of sp³-hybridized carbons (Fsp3) is 0.320. The Labute approximate surface area is 187 Å². The third-order valence-electron chi connectivity index (χ3n) is 5.89. The van der Waals surface area contributed by atoms with Crippen LogP contribution < -0.4 is 20.1 Å². The Bertz CT molecular complexity index is 1150. The molecule has 7 heteroatoms. The fourth-order valence-corrected chi connectivity index (χ4v) is 4.53. The molecule has 1 aromatic carbocycles. The lowest BCUT2D eigenvalue weighted by Gasteiger charge is -2.35. The Morgan fingerprint density at radius 1 is 1.09 bits per heavy atom. The van der Waals surface area contributed by atoms with Crippen LogP contribution in [-0.4, -0.2) is 30.9 Å². The SMILES string of the molecule is COc1cccc([C@H]2C(C(=O)Nc3cccc(C)n3)=C(C)NC3=C2C(=O)CCC3)c1OC. The molecule has 1 atom stereocenters. The molecular formula is C25H27N3O4. The number of dihydropyridines is 1. The highest BCUT2D eigenvalue weighted by atomic mass is 16.5. The topological polar surface area (TPSA) is 89.5 Å². The lowest BCUT2D eigenvalue weighted by atomic mass is 9.74. The molecule has 0 spiro atoms. The summed E-state index contributed by atoms with van der Waals surface area (Å²) in [6.45, 7) is 3.73. The van der Waals surface area contributed by atoms with Gasteiger partial charge in [0.25, 0.3) is 5.91 Å². The molecule has 1 aliphatic heterocycles. The van der Waals surface area contributed by atoms with E-state index in [2.05, 4.69) is 15.6 Å². The van der Waals surface area contributed by atoms with Crippen molar-refractivity contribution in [3.8, 4) is 11.5 Å². The molecule has 1 amide bonds. The van der Waals surface area contributed by atoms with Gasteiger partial charge in [-0.3, -0.25) is 9.59 Å². The Kier molecular flexibility index (Phi) is 5.99. The van der Waals surface area contributed by atoms with Crippen LogP contribution in [0.5, 0.6) is 11.5 Å². The molecule has 7 nitrogen and oxygen atoms in total. The molecule has 0 saturated heterocycles. The number of hydrogen-bond acceptors (Lipinski definition) is 6. The van der Waals surface area contributed by atoms with Crippen LogP contribution in [0.1, 0.15) is 43.4 Å². The Hall–Kier alpha value is -3.61. The number of hydrogen-bond donors (Lipinski definition) is 2. The summed E-state index contributed by atoms with van der Waals surface area (Å²) in [5, 5.41) is 6.23. The Morgan fingerprint density at radius 2 is 1.88 bits per heavy atom. The summed E-state index contributed by atoms with van der Waals surface area (Å²) in [6, 6.07) is 11.0. The number of methoxy groups -OCH3 is 2. The molecule has 2 N–H and O–H groups in total. The number of ether oxygens (including phenoxy) is 2. The normalized spacial score (nSPS) is 18.1. The minimum absolute atomic E-state index is 0.0418.